The SMILES string of the molecule is CC(C)(C)C(=O)OCCSSC1=NCCC=C1. The Morgan fingerprint density at radius 2 is 2.29 bits per heavy atom. The number of aliphatic imine (C=N–C) groups is 1. The summed E-state index contributed by atoms with van der Waals surface area (Å²) in [7, 11) is 3.31. The molecule has 96 valence electrons. The number of hydrogen-bond donors (Lipinski definition) is 0. The normalized spacial score (nSPS) is 15.6. The van der Waals surface area contributed by atoms with Crippen LogP contribution < -0.4 is 0 Å². The average molecular weight is 273 g/mol. The van der Waals surface area contributed by atoms with Gasteiger partial charge in [-0.3, -0.25) is 9.79 Å². The molecule has 0 aromatic heterocycles. The Morgan fingerprint density at radius 1 is 1.53 bits per heavy atom. The van der Waals surface area contributed by atoms with E-state index in [0.29, 0.717) is 6.61 Å². The molecule has 0 bridgehead atoms. The van der Waals surface area contributed by atoms with Crippen LogP contribution in [0.15, 0.2) is 17.1 Å². The third-order valence-corrected chi connectivity index (χ3v) is 4.23. The minimum absolute atomic E-state index is 0.141. The summed E-state index contributed by atoms with van der Waals surface area (Å²) in [5, 5.41) is 1.06. The van der Waals surface area contributed by atoms with Crippen LogP contribution in [0.2, 0.25) is 0 Å². The first-order valence-electron chi connectivity index (χ1n) is 5.68. The van der Waals surface area contributed by atoms with Gasteiger partial charge in [-0.05, 0) is 44.1 Å². The second kappa shape index (κ2) is 7.11. The van der Waals surface area contributed by atoms with Crippen molar-refractivity contribution in [3.05, 3.63) is 12.2 Å². The number of hydrogen-bond acceptors (Lipinski definition) is 5. The molecule has 0 aromatic carbocycles. The fourth-order valence-electron chi connectivity index (χ4n) is 1.03. The van der Waals surface area contributed by atoms with Crippen LogP contribution in [0.5, 0.6) is 0 Å². The van der Waals surface area contributed by atoms with Crippen LogP contribution in [0.25, 0.3) is 0 Å². The predicted octanol–water partition coefficient (Wildman–Crippen LogP) is 3.32. The van der Waals surface area contributed by atoms with Gasteiger partial charge < -0.3 is 4.74 Å². The molecule has 0 unspecified atom stereocenters. The third-order valence-electron chi connectivity index (χ3n) is 1.98. The number of esters is 1. The van der Waals surface area contributed by atoms with Gasteiger partial charge in [-0.15, -0.1) is 0 Å². The Labute approximate surface area is 111 Å². The van der Waals surface area contributed by atoms with E-state index in [0.717, 1.165) is 23.8 Å². The van der Waals surface area contributed by atoms with Crippen molar-refractivity contribution in [3.8, 4) is 0 Å². The molecule has 0 radical (unpaired) electrons. The van der Waals surface area contributed by atoms with E-state index in [1.807, 2.05) is 26.8 Å². The van der Waals surface area contributed by atoms with Gasteiger partial charge in [0.15, 0.2) is 0 Å². The molecular formula is C12H19NO2S2. The van der Waals surface area contributed by atoms with Crippen LogP contribution in [-0.4, -0.2) is 29.9 Å². The van der Waals surface area contributed by atoms with E-state index >= 15 is 0 Å². The first-order valence-corrected chi connectivity index (χ1v) is 8.00. The molecule has 3 nitrogen and oxygen atoms in total. The molecule has 0 aromatic rings. The van der Waals surface area contributed by atoms with Gasteiger partial charge in [-0.2, -0.15) is 0 Å². The molecule has 0 atom stereocenters. The maximum atomic E-state index is 11.5. The van der Waals surface area contributed by atoms with Crippen LogP contribution in [-0.2, 0) is 9.53 Å². The zero-order valence-electron chi connectivity index (χ0n) is 10.6. The van der Waals surface area contributed by atoms with Crippen molar-refractivity contribution in [2.75, 3.05) is 18.9 Å². The topological polar surface area (TPSA) is 38.7 Å². The van der Waals surface area contributed by atoms with Gasteiger partial charge >= 0.3 is 5.97 Å². The van der Waals surface area contributed by atoms with E-state index in [1.165, 1.54) is 0 Å². The summed E-state index contributed by atoms with van der Waals surface area (Å²) in [6.45, 7) is 6.93. The number of carbonyl (C=O) groups excluding carboxylic acids is 1. The molecule has 0 fully saturated rings. The molecule has 0 saturated heterocycles. The number of carbonyl (C=O) groups is 1. The molecule has 1 aliphatic rings. The van der Waals surface area contributed by atoms with E-state index in [-0.39, 0.29) is 5.97 Å². The van der Waals surface area contributed by atoms with Gasteiger partial charge in [-0.25, -0.2) is 0 Å². The fourth-order valence-corrected chi connectivity index (χ4v) is 2.82. The molecule has 0 saturated carbocycles. The largest absolute Gasteiger partial charge is 0.464 e. The molecule has 0 spiro atoms. The van der Waals surface area contributed by atoms with Gasteiger partial charge in [0.25, 0.3) is 0 Å². The van der Waals surface area contributed by atoms with E-state index < -0.39 is 5.41 Å². The fraction of sp³-hybridized carbons (Fsp3) is 0.667. The Morgan fingerprint density at radius 3 is 2.88 bits per heavy atom. The minimum atomic E-state index is -0.409. The summed E-state index contributed by atoms with van der Waals surface area (Å²) in [6.07, 6.45) is 5.22. The van der Waals surface area contributed by atoms with Crippen LogP contribution in [0.3, 0.4) is 0 Å². The quantitative estimate of drug-likeness (QED) is 0.447. The zero-order chi connectivity index (χ0) is 12.7. The van der Waals surface area contributed by atoms with E-state index in [9.17, 15) is 4.79 Å². The number of rotatable bonds is 4. The van der Waals surface area contributed by atoms with Crippen molar-refractivity contribution < 1.29 is 9.53 Å². The highest BCUT2D eigenvalue weighted by molar-refractivity contribution is 8.82. The van der Waals surface area contributed by atoms with Crippen molar-refractivity contribution in [1.82, 2.24) is 0 Å². The van der Waals surface area contributed by atoms with Crippen molar-refractivity contribution >= 4 is 32.6 Å². The van der Waals surface area contributed by atoms with E-state index in [2.05, 4.69) is 11.1 Å². The van der Waals surface area contributed by atoms with Crippen molar-refractivity contribution in [3.63, 3.8) is 0 Å². The molecule has 5 heteroatoms. The van der Waals surface area contributed by atoms with E-state index in [1.54, 1.807) is 21.6 Å². The van der Waals surface area contributed by atoms with Gasteiger partial charge in [0.1, 0.15) is 11.7 Å². The molecule has 1 aliphatic heterocycles. The molecule has 0 N–H and O–H groups in total. The highest BCUT2D eigenvalue weighted by atomic mass is 33.1. The number of ether oxygens (including phenoxy) is 1. The van der Waals surface area contributed by atoms with Crippen LogP contribution in [0.4, 0.5) is 0 Å². The Hall–Kier alpha value is -0.420. The first-order chi connectivity index (χ1) is 8.00. The summed E-state index contributed by atoms with van der Waals surface area (Å²) in [5.41, 5.74) is -0.409. The second-order valence-electron chi connectivity index (χ2n) is 4.70. The maximum absolute atomic E-state index is 11.5. The van der Waals surface area contributed by atoms with Crippen molar-refractivity contribution in [1.29, 1.82) is 0 Å². The lowest BCUT2D eigenvalue weighted by Gasteiger charge is -2.16. The lowest BCUT2D eigenvalue weighted by atomic mass is 9.97. The highest BCUT2D eigenvalue weighted by Crippen LogP contribution is 2.25. The zero-order valence-corrected chi connectivity index (χ0v) is 12.2. The van der Waals surface area contributed by atoms with Gasteiger partial charge in [0.2, 0.25) is 0 Å². The highest BCUT2D eigenvalue weighted by Gasteiger charge is 2.22. The number of nitrogens with zero attached hydrogens (tertiary/aromatic N) is 1. The molecule has 1 heterocycles. The summed E-state index contributed by atoms with van der Waals surface area (Å²) in [5.74, 6) is 0.650. The monoisotopic (exact) mass is 273 g/mol. The van der Waals surface area contributed by atoms with Crippen molar-refractivity contribution in [2.24, 2.45) is 10.4 Å². The third kappa shape index (κ3) is 6.17. The minimum Gasteiger partial charge on any atom is -0.464 e. The molecule has 1 rings (SSSR count). The molecule has 0 aliphatic carbocycles. The summed E-state index contributed by atoms with van der Waals surface area (Å²) in [4.78, 5) is 15.8. The molecule has 17 heavy (non-hydrogen) atoms. The average Bonchev–Trinajstić information content (AvgIpc) is 2.28. The lowest BCUT2D eigenvalue weighted by Crippen LogP contribution is -2.23. The molecular weight excluding hydrogens is 254 g/mol. The Bertz CT molecular complexity index is 319. The summed E-state index contributed by atoms with van der Waals surface area (Å²) < 4.78 is 5.16. The second-order valence-corrected chi connectivity index (χ2v) is 7.14. The van der Waals surface area contributed by atoms with Gasteiger partial charge in [-0.1, -0.05) is 16.9 Å². The summed E-state index contributed by atoms with van der Waals surface area (Å²) >= 11 is 0. The van der Waals surface area contributed by atoms with Crippen LogP contribution in [0, 0.1) is 5.41 Å². The smallest absolute Gasteiger partial charge is 0.311 e. The molecule has 0 amide bonds. The number of dihydropyridines is 1. The maximum Gasteiger partial charge on any atom is 0.311 e. The van der Waals surface area contributed by atoms with Crippen molar-refractivity contribution in [2.45, 2.75) is 27.2 Å². The van der Waals surface area contributed by atoms with E-state index in [4.69, 9.17) is 4.74 Å². The first kappa shape index (κ1) is 14.6. The standard InChI is InChI=1S/C12H19NO2S2/c1-12(2,3)11(14)15-8-9-16-17-10-6-4-5-7-13-10/h4,6H,5,7-9H2,1-3H3. The Balaban J connectivity index is 2.07. The van der Waals surface area contributed by atoms with Gasteiger partial charge in [0, 0.05) is 12.3 Å². The van der Waals surface area contributed by atoms with Crippen LogP contribution in [0.1, 0.15) is 27.2 Å². The Kier molecular flexibility index (Phi) is 6.12. The summed E-state index contributed by atoms with van der Waals surface area (Å²) in [6, 6.07) is 0. The van der Waals surface area contributed by atoms with Crippen LogP contribution >= 0.6 is 21.6 Å². The van der Waals surface area contributed by atoms with Gasteiger partial charge in [0.05, 0.1) is 5.41 Å². The predicted molar refractivity (Wildman–Crippen MR) is 76.5 cm³/mol. The lowest BCUT2D eigenvalue weighted by molar-refractivity contribution is -0.152.